The Kier molecular flexibility index (Phi) is 4.39. The Labute approximate surface area is 157 Å². The van der Waals surface area contributed by atoms with Crippen LogP contribution in [-0.2, 0) is 4.79 Å². The normalized spacial score (nSPS) is 15.2. The molecule has 1 aliphatic rings. The second-order valence-corrected chi connectivity index (χ2v) is 7.07. The summed E-state index contributed by atoms with van der Waals surface area (Å²) in [5, 5.41) is 8.47. The predicted molar refractivity (Wildman–Crippen MR) is 104 cm³/mol. The summed E-state index contributed by atoms with van der Waals surface area (Å²) in [4.78, 5) is 25.5. The van der Waals surface area contributed by atoms with Gasteiger partial charge in [-0.15, -0.1) is 0 Å². The average Bonchev–Trinajstić information content (AvgIpc) is 3.11. The quantitative estimate of drug-likeness (QED) is 0.750. The van der Waals surface area contributed by atoms with Crippen molar-refractivity contribution in [3.63, 3.8) is 0 Å². The van der Waals surface area contributed by atoms with Crippen LogP contribution in [0.1, 0.15) is 41.7 Å². The second kappa shape index (κ2) is 6.87. The molecule has 6 heteroatoms. The highest BCUT2D eigenvalue weighted by Gasteiger charge is 2.26. The van der Waals surface area contributed by atoms with Crippen molar-refractivity contribution >= 4 is 22.7 Å². The third kappa shape index (κ3) is 3.18. The van der Waals surface area contributed by atoms with E-state index in [0.29, 0.717) is 11.1 Å². The number of primary amides is 1. The van der Waals surface area contributed by atoms with Gasteiger partial charge in [0, 0.05) is 37.0 Å². The van der Waals surface area contributed by atoms with E-state index in [0.717, 1.165) is 48.1 Å². The molecule has 0 unspecified atom stereocenters. The third-order valence-electron chi connectivity index (χ3n) is 5.41. The van der Waals surface area contributed by atoms with Gasteiger partial charge in [-0.2, -0.15) is 5.10 Å². The number of fused-ring (bicyclic) bond motifs is 1. The number of hydrogen-bond acceptors (Lipinski definition) is 3. The standard InChI is InChI=1S/C21H22N4O2/c1-13(26)25-9-7-15(8-10-25)19-17-11-16(14-5-3-2-4-6-14)12-18(21(22)27)20(17)24-23-19/h2-6,11-12,15H,7-10H2,1H3,(H2,22,27)(H,23,24). The van der Waals surface area contributed by atoms with Gasteiger partial charge >= 0.3 is 0 Å². The Hall–Kier alpha value is -3.15. The Balaban J connectivity index is 1.78. The van der Waals surface area contributed by atoms with Crippen molar-refractivity contribution in [3.8, 4) is 11.1 Å². The first-order valence-corrected chi connectivity index (χ1v) is 9.17. The molecule has 27 heavy (non-hydrogen) atoms. The maximum atomic E-state index is 12.0. The van der Waals surface area contributed by atoms with Gasteiger partial charge in [-0.3, -0.25) is 14.7 Å². The van der Waals surface area contributed by atoms with Crippen LogP contribution >= 0.6 is 0 Å². The molecule has 3 aromatic rings. The SMILES string of the molecule is CC(=O)N1CCC(c2[nH]nc3c(C(N)=O)cc(-c4ccccc4)cc23)CC1. The van der Waals surface area contributed by atoms with Crippen molar-refractivity contribution in [1.82, 2.24) is 15.1 Å². The van der Waals surface area contributed by atoms with E-state index < -0.39 is 5.91 Å². The fraction of sp³-hybridized carbons (Fsp3) is 0.286. The van der Waals surface area contributed by atoms with E-state index in [4.69, 9.17) is 5.73 Å². The minimum atomic E-state index is -0.484. The molecule has 138 valence electrons. The number of aromatic amines is 1. The first-order valence-electron chi connectivity index (χ1n) is 9.17. The lowest BCUT2D eigenvalue weighted by Crippen LogP contribution is -2.36. The number of nitrogens with one attached hydrogen (secondary N) is 1. The third-order valence-corrected chi connectivity index (χ3v) is 5.41. The fourth-order valence-electron chi connectivity index (χ4n) is 3.92. The molecule has 0 spiro atoms. The zero-order chi connectivity index (χ0) is 19.0. The number of nitrogens with zero attached hydrogens (tertiary/aromatic N) is 2. The van der Waals surface area contributed by atoms with Crippen molar-refractivity contribution in [3.05, 3.63) is 53.7 Å². The number of nitrogens with two attached hydrogens (primary N) is 1. The van der Waals surface area contributed by atoms with E-state index in [1.165, 1.54) is 0 Å². The number of aromatic nitrogens is 2. The van der Waals surface area contributed by atoms with Gasteiger partial charge in [0.1, 0.15) is 5.52 Å². The molecule has 2 heterocycles. The van der Waals surface area contributed by atoms with Crippen molar-refractivity contribution in [2.24, 2.45) is 5.73 Å². The van der Waals surface area contributed by atoms with Crippen LogP contribution in [-0.4, -0.2) is 40.0 Å². The molecule has 1 fully saturated rings. The second-order valence-electron chi connectivity index (χ2n) is 7.07. The number of carbonyl (C=O) groups is 2. The summed E-state index contributed by atoms with van der Waals surface area (Å²) >= 11 is 0. The van der Waals surface area contributed by atoms with Gasteiger partial charge in [-0.05, 0) is 36.1 Å². The highest BCUT2D eigenvalue weighted by molar-refractivity contribution is 6.07. The smallest absolute Gasteiger partial charge is 0.251 e. The number of H-pyrrole nitrogens is 1. The lowest BCUT2D eigenvalue weighted by Gasteiger charge is -2.30. The lowest BCUT2D eigenvalue weighted by atomic mass is 9.90. The molecule has 2 amide bonds. The molecule has 1 aromatic heterocycles. The molecule has 0 saturated carbocycles. The van der Waals surface area contributed by atoms with E-state index in [1.54, 1.807) is 6.92 Å². The van der Waals surface area contributed by atoms with Crippen molar-refractivity contribution in [1.29, 1.82) is 0 Å². The Morgan fingerprint density at radius 3 is 2.44 bits per heavy atom. The summed E-state index contributed by atoms with van der Waals surface area (Å²) in [5.41, 5.74) is 9.67. The molecule has 1 saturated heterocycles. The van der Waals surface area contributed by atoms with Crippen LogP contribution in [0, 0.1) is 0 Å². The number of rotatable bonds is 3. The molecule has 6 nitrogen and oxygen atoms in total. The van der Waals surface area contributed by atoms with E-state index in [1.807, 2.05) is 41.3 Å². The summed E-state index contributed by atoms with van der Waals surface area (Å²) in [6, 6.07) is 13.8. The highest BCUT2D eigenvalue weighted by atomic mass is 16.2. The number of piperidine rings is 1. The molecule has 0 atom stereocenters. The Morgan fingerprint density at radius 2 is 1.81 bits per heavy atom. The van der Waals surface area contributed by atoms with Gasteiger partial charge in [-0.25, -0.2) is 0 Å². The highest BCUT2D eigenvalue weighted by Crippen LogP contribution is 2.35. The molecule has 0 bridgehead atoms. The maximum absolute atomic E-state index is 12.0. The predicted octanol–water partition coefficient (Wildman–Crippen LogP) is 3.05. The van der Waals surface area contributed by atoms with E-state index in [-0.39, 0.29) is 11.8 Å². The topological polar surface area (TPSA) is 92.1 Å². The number of likely N-dealkylation sites (tertiary alicyclic amines) is 1. The number of carbonyl (C=O) groups excluding carboxylic acids is 2. The van der Waals surface area contributed by atoms with Crippen LogP contribution in [0.15, 0.2) is 42.5 Å². The number of benzene rings is 2. The molecular weight excluding hydrogens is 340 g/mol. The van der Waals surface area contributed by atoms with Gasteiger partial charge in [0.2, 0.25) is 5.91 Å². The molecule has 4 rings (SSSR count). The van der Waals surface area contributed by atoms with Crippen LogP contribution in [0.5, 0.6) is 0 Å². The minimum absolute atomic E-state index is 0.116. The minimum Gasteiger partial charge on any atom is -0.366 e. The zero-order valence-electron chi connectivity index (χ0n) is 15.2. The summed E-state index contributed by atoms with van der Waals surface area (Å²) in [6.07, 6.45) is 1.75. The number of amides is 2. The summed E-state index contributed by atoms with van der Waals surface area (Å²) in [6.45, 7) is 3.08. The van der Waals surface area contributed by atoms with Gasteiger partial charge in [0.25, 0.3) is 5.91 Å². The summed E-state index contributed by atoms with van der Waals surface area (Å²) in [7, 11) is 0. The van der Waals surface area contributed by atoms with Crippen LogP contribution in [0.25, 0.3) is 22.0 Å². The molecule has 2 aromatic carbocycles. The number of hydrogen-bond donors (Lipinski definition) is 2. The first-order chi connectivity index (χ1) is 13.0. The summed E-state index contributed by atoms with van der Waals surface area (Å²) in [5.74, 6) is -0.0927. The van der Waals surface area contributed by atoms with Gasteiger partial charge < -0.3 is 10.6 Å². The maximum Gasteiger partial charge on any atom is 0.251 e. The van der Waals surface area contributed by atoms with E-state index in [9.17, 15) is 9.59 Å². The van der Waals surface area contributed by atoms with Crippen LogP contribution < -0.4 is 5.73 Å². The zero-order valence-corrected chi connectivity index (χ0v) is 15.2. The molecule has 3 N–H and O–H groups in total. The van der Waals surface area contributed by atoms with Crippen LogP contribution in [0.4, 0.5) is 0 Å². The van der Waals surface area contributed by atoms with Crippen molar-refractivity contribution in [2.45, 2.75) is 25.7 Å². The van der Waals surface area contributed by atoms with Gasteiger partial charge in [0.05, 0.1) is 5.56 Å². The van der Waals surface area contributed by atoms with Crippen LogP contribution in [0.3, 0.4) is 0 Å². The van der Waals surface area contributed by atoms with Crippen LogP contribution in [0.2, 0.25) is 0 Å². The fourth-order valence-corrected chi connectivity index (χ4v) is 3.92. The first kappa shape index (κ1) is 17.3. The van der Waals surface area contributed by atoms with Gasteiger partial charge in [-0.1, -0.05) is 30.3 Å². The Bertz CT molecular complexity index is 1000. The Morgan fingerprint density at radius 1 is 1.11 bits per heavy atom. The molecular formula is C21H22N4O2. The van der Waals surface area contributed by atoms with Crippen molar-refractivity contribution in [2.75, 3.05) is 13.1 Å². The monoisotopic (exact) mass is 362 g/mol. The largest absolute Gasteiger partial charge is 0.366 e. The van der Waals surface area contributed by atoms with E-state index in [2.05, 4.69) is 16.3 Å². The molecule has 0 radical (unpaired) electrons. The molecule has 1 aliphatic heterocycles. The average molecular weight is 362 g/mol. The summed E-state index contributed by atoms with van der Waals surface area (Å²) < 4.78 is 0. The van der Waals surface area contributed by atoms with Gasteiger partial charge in [0.15, 0.2) is 0 Å². The lowest BCUT2D eigenvalue weighted by molar-refractivity contribution is -0.129. The molecule has 0 aliphatic carbocycles. The van der Waals surface area contributed by atoms with E-state index >= 15 is 0 Å². The van der Waals surface area contributed by atoms with Crippen molar-refractivity contribution < 1.29 is 9.59 Å².